The molecule has 1 fully saturated rings. The van der Waals surface area contributed by atoms with Crippen LogP contribution in [0.2, 0.25) is 0 Å². The SMILES string of the molecule is Cc1ccc(NC(=O)C2CNCCN2)cc1C(F)(F)F. The number of hydrogen-bond donors (Lipinski definition) is 3. The first-order valence-corrected chi connectivity index (χ1v) is 6.31. The van der Waals surface area contributed by atoms with Crippen LogP contribution in [0, 0.1) is 6.92 Å². The Bertz CT molecular complexity index is 496. The molecule has 1 amide bonds. The van der Waals surface area contributed by atoms with Gasteiger partial charge in [0.25, 0.3) is 0 Å². The van der Waals surface area contributed by atoms with E-state index in [-0.39, 0.29) is 17.2 Å². The normalized spacial score (nSPS) is 19.7. The van der Waals surface area contributed by atoms with Crippen LogP contribution >= 0.6 is 0 Å². The number of piperazine rings is 1. The molecule has 110 valence electrons. The van der Waals surface area contributed by atoms with Crippen molar-refractivity contribution in [2.45, 2.75) is 19.1 Å². The predicted molar refractivity (Wildman–Crippen MR) is 69.5 cm³/mol. The van der Waals surface area contributed by atoms with Crippen LogP contribution in [0.3, 0.4) is 0 Å². The van der Waals surface area contributed by atoms with Gasteiger partial charge in [-0.2, -0.15) is 13.2 Å². The molecule has 1 aliphatic rings. The van der Waals surface area contributed by atoms with Crippen molar-refractivity contribution in [3.63, 3.8) is 0 Å². The highest BCUT2D eigenvalue weighted by Crippen LogP contribution is 2.33. The first-order valence-electron chi connectivity index (χ1n) is 6.31. The van der Waals surface area contributed by atoms with Crippen molar-refractivity contribution in [1.29, 1.82) is 0 Å². The summed E-state index contributed by atoms with van der Waals surface area (Å²) in [7, 11) is 0. The molecule has 1 heterocycles. The summed E-state index contributed by atoms with van der Waals surface area (Å²) in [6.45, 7) is 3.27. The van der Waals surface area contributed by atoms with Gasteiger partial charge in [-0.15, -0.1) is 0 Å². The van der Waals surface area contributed by atoms with Gasteiger partial charge in [-0.3, -0.25) is 4.79 Å². The number of nitrogens with one attached hydrogen (secondary N) is 3. The van der Waals surface area contributed by atoms with Crippen LogP contribution in [0.5, 0.6) is 0 Å². The molecule has 0 saturated carbocycles. The molecule has 1 atom stereocenters. The smallest absolute Gasteiger partial charge is 0.325 e. The average molecular weight is 287 g/mol. The summed E-state index contributed by atoms with van der Waals surface area (Å²) in [4.78, 5) is 11.9. The molecule has 0 bridgehead atoms. The van der Waals surface area contributed by atoms with Gasteiger partial charge in [0.1, 0.15) is 0 Å². The topological polar surface area (TPSA) is 53.2 Å². The summed E-state index contributed by atoms with van der Waals surface area (Å²) >= 11 is 0. The molecule has 1 aliphatic heterocycles. The van der Waals surface area contributed by atoms with E-state index < -0.39 is 17.8 Å². The third-order valence-electron chi connectivity index (χ3n) is 3.17. The van der Waals surface area contributed by atoms with Crippen LogP contribution in [-0.2, 0) is 11.0 Å². The van der Waals surface area contributed by atoms with Crippen LogP contribution < -0.4 is 16.0 Å². The third kappa shape index (κ3) is 3.49. The van der Waals surface area contributed by atoms with Crippen molar-refractivity contribution in [1.82, 2.24) is 10.6 Å². The van der Waals surface area contributed by atoms with Crippen LogP contribution in [0.1, 0.15) is 11.1 Å². The molecule has 1 saturated heterocycles. The summed E-state index contributed by atoms with van der Waals surface area (Å²) in [5.74, 6) is -0.339. The molecule has 4 nitrogen and oxygen atoms in total. The number of anilines is 1. The lowest BCUT2D eigenvalue weighted by molar-refractivity contribution is -0.138. The summed E-state index contributed by atoms with van der Waals surface area (Å²) in [6.07, 6.45) is -4.42. The number of aryl methyl sites for hydroxylation is 1. The van der Waals surface area contributed by atoms with E-state index in [9.17, 15) is 18.0 Å². The summed E-state index contributed by atoms with van der Waals surface area (Å²) in [5.41, 5.74) is -0.446. The van der Waals surface area contributed by atoms with Crippen LogP contribution in [-0.4, -0.2) is 31.6 Å². The van der Waals surface area contributed by atoms with Crippen molar-refractivity contribution in [3.8, 4) is 0 Å². The molecule has 1 aromatic rings. The minimum Gasteiger partial charge on any atom is -0.325 e. The fourth-order valence-corrected chi connectivity index (χ4v) is 2.07. The van der Waals surface area contributed by atoms with Gasteiger partial charge >= 0.3 is 6.18 Å². The Morgan fingerprint density at radius 2 is 2.10 bits per heavy atom. The first-order chi connectivity index (χ1) is 9.38. The molecule has 7 heteroatoms. The fourth-order valence-electron chi connectivity index (χ4n) is 2.07. The maximum atomic E-state index is 12.8. The lowest BCUT2D eigenvalue weighted by Gasteiger charge is -2.23. The van der Waals surface area contributed by atoms with Gasteiger partial charge in [0, 0.05) is 25.3 Å². The van der Waals surface area contributed by atoms with E-state index >= 15 is 0 Å². The lowest BCUT2D eigenvalue weighted by Crippen LogP contribution is -2.54. The Morgan fingerprint density at radius 3 is 2.70 bits per heavy atom. The van der Waals surface area contributed by atoms with E-state index in [4.69, 9.17) is 0 Å². The molecule has 3 N–H and O–H groups in total. The second-order valence-electron chi connectivity index (χ2n) is 4.73. The Kier molecular flexibility index (Phi) is 4.29. The standard InChI is InChI=1S/C13H16F3N3O/c1-8-2-3-9(6-10(8)13(14,15)16)19-12(20)11-7-17-4-5-18-11/h2-3,6,11,17-18H,4-5,7H2,1H3,(H,19,20). The number of rotatable bonds is 2. The molecule has 1 unspecified atom stereocenters. The summed E-state index contributed by atoms with van der Waals surface area (Å²) in [6, 6.07) is 3.35. The molecule has 0 aliphatic carbocycles. The minimum atomic E-state index is -4.42. The lowest BCUT2D eigenvalue weighted by atomic mass is 10.1. The van der Waals surface area contributed by atoms with Gasteiger partial charge in [0.05, 0.1) is 11.6 Å². The maximum absolute atomic E-state index is 12.8. The minimum absolute atomic E-state index is 0.132. The van der Waals surface area contributed by atoms with Crippen molar-refractivity contribution < 1.29 is 18.0 Å². The Morgan fingerprint density at radius 1 is 1.35 bits per heavy atom. The van der Waals surface area contributed by atoms with Gasteiger partial charge in [0.15, 0.2) is 0 Å². The average Bonchev–Trinajstić information content (AvgIpc) is 2.40. The molecule has 0 radical (unpaired) electrons. The third-order valence-corrected chi connectivity index (χ3v) is 3.17. The number of halogens is 3. The highest BCUT2D eigenvalue weighted by Gasteiger charge is 2.32. The highest BCUT2D eigenvalue weighted by molar-refractivity contribution is 5.95. The Balaban J connectivity index is 2.11. The van der Waals surface area contributed by atoms with E-state index in [1.54, 1.807) is 0 Å². The van der Waals surface area contributed by atoms with Gasteiger partial charge < -0.3 is 16.0 Å². The van der Waals surface area contributed by atoms with Gasteiger partial charge in [-0.05, 0) is 24.6 Å². The first kappa shape index (κ1) is 14.8. The molecule has 2 rings (SSSR count). The number of carbonyl (C=O) groups is 1. The second kappa shape index (κ2) is 5.80. The molecule has 20 heavy (non-hydrogen) atoms. The van der Waals surface area contributed by atoms with Crippen molar-refractivity contribution in [2.75, 3.05) is 25.0 Å². The van der Waals surface area contributed by atoms with E-state index in [1.807, 2.05) is 0 Å². The largest absolute Gasteiger partial charge is 0.416 e. The zero-order valence-electron chi connectivity index (χ0n) is 11.0. The Hall–Kier alpha value is -1.60. The highest BCUT2D eigenvalue weighted by atomic mass is 19.4. The summed E-state index contributed by atoms with van der Waals surface area (Å²) < 4.78 is 38.4. The van der Waals surface area contributed by atoms with E-state index in [0.29, 0.717) is 13.1 Å². The number of hydrogen-bond acceptors (Lipinski definition) is 3. The van der Waals surface area contributed by atoms with Gasteiger partial charge in [0.2, 0.25) is 5.91 Å². The molecular formula is C13H16F3N3O. The fraction of sp³-hybridized carbons (Fsp3) is 0.462. The van der Waals surface area contributed by atoms with Crippen LogP contribution in [0.25, 0.3) is 0 Å². The van der Waals surface area contributed by atoms with Crippen LogP contribution in [0.4, 0.5) is 18.9 Å². The van der Waals surface area contributed by atoms with Crippen LogP contribution in [0.15, 0.2) is 18.2 Å². The van der Waals surface area contributed by atoms with E-state index in [1.165, 1.54) is 19.1 Å². The van der Waals surface area contributed by atoms with E-state index in [2.05, 4.69) is 16.0 Å². The number of amides is 1. The van der Waals surface area contributed by atoms with Crippen molar-refractivity contribution >= 4 is 11.6 Å². The Labute approximate surface area is 114 Å². The zero-order valence-corrected chi connectivity index (χ0v) is 11.0. The molecular weight excluding hydrogens is 271 g/mol. The monoisotopic (exact) mass is 287 g/mol. The summed E-state index contributed by atoms with van der Waals surface area (Å²) in [5, 5.41) is 8.55. The molecule has 1 aromatic carbocycles. The van der Waals surface area contributed by atoms with Crippen molar-refractivity contribution in [3.05, 3.63) is 29.3 Å². The second-order valence-corrected chi connectivity index (χ2v) is 4.73. The van der Waals surface area contributed by atoms with Crippen molar-refractivity contribution in [2.24, 2.45) is 0 Å². The van der Waals surface area contributed by atoms with E-state index in [0.717, 1.165) is 12.6 Å². The van der Waals surface area contributed by atoms with Gasteiger partial charge in [-0.25, -0.2) is 0 Å². The quantitative estimate of drug-likeness (QED) is 0.773. The number of carbonyl (C=O) groups excluding carboxylic acids is 1. The predicted octanol–water partition coefficient (Wildman–Crippen LogP) is 1.51. The number of benzene rings is 1. The zero-order chi connectivity index (χ0) is 14.8. The molecule has 0 aromatic heterocycles. The maximum Gasteiger partial charge on any atom is 0.416 e. The molecule has 0 spiro atoms. The van der Waals surface area contributed by atoms with Gasteiger partial charge in [-0.1, -0.05) is 6.07 Å². The number of alkyl halides is 3.